The summed E-state index contributed by atoms with van der Waals surface area (Å²) in [5.74, 6) is 0.780. The Kier molecular flexibility index (Phi) is 5.56. The van der Waals surface area contributed by atoms with Gasteiger partial charge in [-0.1, -0.05) is 0 Å². The van der Waals surface area contributed by atoms with E-state index in [9.17, 15) is 18.0 Å². The van der Waals surface area contributed by atoms with Crippen molar-refractivity contribution in [1.82, 2.24) is 30.1 Å². The van der Waals surface area contributed by atoms with Gasteiger partial charge in [0.25, 0.3) is 0 Å². The van der Waals surface area contributed by atoms with Gasteiger partial charge < -0.3 is 20.1 Å². The first-order valence-corrected chi connectivity index (χ1v) is 10.6. The number of alkyl carbamates (subject to hydrolysis) is 1. The molecule has 0 radical (unpaired) electrons. The molecule has 11 nitrogen and oxygen atoms in total. The van der Waals surface area contributed by atoms with E-state index in [0.717, 1.165) is 12.8 Å². The smallest absolute Gasteiger partial charge is 0.444 e. The third-order valence-corrected chi connectivity index (χ3v) is 5.65. The molecule has 0 unspecified atom stereocenters. The molecule has 1 aliphatic carbocycles. The number of ether oxygens (including phenoxy) is 3. The Morgan fingerprint density at radius 3 is 2.97 bits per heavy atom. The van der Waals surface area contributed by atoms with Crippen LogP contribution in [0.25, 0.3) is 5.52 Å². The van der Waals surface area contributed by atoms with Crippen molar-refractivity contribution >= 4 is 23.2 Å². The molecule has 0 spiro atoms. The molecule has 2 aliphatic rings. The average molecular weight is 481 g/mol. The van der Waals surface area contributed by atoms with E-state index in [4.69, 9.17) is 9.47 Å². The number of amides is 1. The molecule has 0 aromatic carbocycles. The summed E-state index contributed by atoms with van der Waals surface area (Å²) in [6.07, 6.45) is -0.549. The topological polar surface area (TPSA) is 128 Å². The summed E-state index contributed by atoms with van der Waals surface area (Å²) in [7, 11) is 0. The van der Waals surface area contributed by atoms with Crippen LogP contribution in [0.1, 0.15) is 43.7 Å². The number of aromatic amines is 1. The van der Waals surface area contributed by atoms with Crippen LogP contribution >= 0.6 is 0 Å². The zero-order valence-corrected chi connectivity index (χ0v) is 18.1. The monoisotopic (exact) mass is 481 g/mol. The van der Waals surface area contributed by atoms with Crippen LogP contribution in [0.5, 0.6) is 0 Å². The van der Waals surface area contributed by atoms with Gasteiger partial charge in [-0.3, -0.25) is 9.84 Å². The highest BCUT2D eigenvalue weighted by molar-refractivity contribution is 5.72. The predicted molar refractivity (Wildman–Crippen MR) is 110 cm³/mol. The maximum absolute atomic E-state index is 12.3. The fourth-order valence-corrected chi connectivity index (χ4v) is 3.62. The first-order valence-electron chi connectivity index (χ1n) is 10.6. The lowest BCUT2D eigenvalue weighted by atomic mass is 10.1. The first kappa shape index (κ1) is 22.4. The summed E-state index contributed by atoms with van der Waals surface area (Å²) in [4.78, 5) is 16.2. The highest BCUT2D eigenvalue weighted by atomic mass is 19.4. The highest BCUT2D eigenvalue weighted by Crippen LogP contribution is 2.35. The number of hydrogen-bond donors (Lipinski definition) is 3. The van der Waals surface area contributed by atoms with Gasteiger partial charge in [-0.25, -0.2) is 14.3 Å². The van der Waals surface area contributed by atoms with Gasteiger partial charge in [-0.05, 0) is 25.8 Å². The Bertz CT molecular complexity index is 1190. The van der Waals surface area contributed by atoms with Crippen LogP contribution in [0.15, 0.2) is 24.5 Å². The fraction of sp³-hybridized carbons (Fsp3) is 0.500. The van der Waals surface area contributed by atoms with Crippen LogP contribution in [-0.4, -0.2) is 55.5 Å². The standard InChI is InChI=1S/C20H22F3N7O4/c1-19(2-3-19)26-18(31)34-12-7-15(32-10-12)13-8-16(28-27-13)25-17-14-6-11(9-33-20(21,22)23)29-30(14)5-4-24-17/h4-6,8,12,15H,2-3,7,9-10H2,1H3,(H,26,31)(H2,24,25,27,28)/t12-,15-/m1/s1. The number of carbonyl (C=O) groups is 1. The van der Waals surface area contributed by atoms with Crippen molar-refractivity contribution < 1.29 is 32.2 Å². The number of halogens is 3. The van der Waals surface area contributed by atoms with Gasteiger partial charge in [0.2, 0.25) is 0 Å². The highest BCUT2D eigenvalue weighted by Gasteiger charge is 2.40. The molecular formula is C20H22F3N7O4. The molecule has 1 aliphatic heterocycles. The minimum atomic E-state index is -4.74. The van der Waals surface area contributed by atoms with Crippen molar-refractivity contribution in [3.8, 4) is 0 Å². The summed E-state index contributed by atoms with van der Waals surface area (Å²) in [5.41, 5.74) is 1.08. The van der Waals surface area contributed by atoms with Gasteiger partial charge in [-0.15, -0.1) is 13.2 Å². The Hall–Kier alpha value is -3.39. The summed E-state index contributed by atoms with van der Waals surface area (Å²) in [5, 5.41) is 17.0. The first-order chi connectivity index (χ1) is 16.2. The van der Waals surface area contributed by atoms with Gasteiger partial charge in [0.1, 0.15) is 24.3 Å². The van der Waals surface area contributed by atoms with Crippen molar-refractivity contribution in [2.75, 3.05) is 11.9 Å². The van der Waals surface area contributed by atoms with Crippen LogP contribution in [-0.2, 0) is 20.8 Å². The van der Waals surface area contributed by atoms with Crippen molar-refractivity contribution in [3.05, 3.63) is 35.9 Å². The van der Waals surface area contributed by atoms with Crippen molar-refractivity contribution in [2.45, 2.75) is 56.9 Å². The molecular weight excluding hydrogens is 459 g/mol. The van der Waals surface area contributed by atoms with Gasteiger partial charge >= 0.3 is 12.5 Å². The third-order valence-electron chi connectivity index (χ3n) is 5.65. The summed E-state index contributed by atoms with van der Waals surface area (Å²) < 4.78 is 53.4. The third kappa shape index (κ3) is 5.22. The van der Waals surface area contributed by atoms with Gasteiger partial charge in [0.05, 0.1) is 18.0 Å². The molecule has 1 saturated heterocycles. The van der Waals surface area contributed by atoms with E-state index in [0.29, 0.717) is 29.3 Å². The van der Waals surface area contributed by atoms with Crippen LogP contribution in [0.4, 0.5) is 29.6 Å². The fourth-order valence-electron chi connectivity index (χ4n) is 3.62. The lowest BCUT2D eigenvalue weighted by Crippen LogP contribution is -2.37. The van der Waals surface area contributed by atoms with Crippen LogP contribution in [0.3, 0.4) is 0 Å². The number of nitrogens with zero attached hydrogens (tertiary/aromatic N) is 4. The number of anilines is 2. The van der Waals surface area contributed by atoms with E-state index in [-0.39, 0.29) is 30.0 Å². The van der Waals surface area contributed by atoms with Crippen molar-refractivity contribution in [1.29, 1.82) is 0 Å². The van der Waals surface area contributed by atoms with E-state index >= 15 is 0 Å². The molecule has 0 bridgehead atoms. The molecule has 3 aromatic heterocycles. The second kappa shape index (κ2) is 8.43. The average Bonchev–Trinajstić information content (AvgIpc) is 3.19. The maximum atomic E-state index is 12.3. The lowest BCUT2D eigenvalue weighted by molar-refractivity contribution is -0.330. The number of nitrogens with one attached hydrogen (secondary N) is 3. The predicted octanol–water partition coefficient (Wildman–Crippen LogP) is 3.34. The molecule has 34 heavy (non-hydrogen) atoms. The molecule has 182 valence electrons. The molecule has 1 saturated carbocycles. The van der Waals surface area contributed by atoms with E-state index in [2.05, 4.69) is 35.7 Å². The van der Waals surface area contributed by atoms with Gasteiger partial charge in [-0.2, -0.15) is 10.2 Å². The van der Waals surface area contributed by atoms with Crippen molar-refractivity contribution in [3.63, 3.8) is 0 Å². The van der Waals surface area contributed by atoms with Crippen LogP contribution < -0.4 is 10.6 Å². The number of hydrogen-bond acceptors (Lipinski definition) is 8. The minimum Gasteiger partial charge on any atom is -0.444 e. The van der Waals surface area contributed by atoms with E-state index < -0.39 is 19.1 Å². The largest absolute Gasteiger partial charge is 0.522 e. The molecule has 3 aromatic rings. The summed E-state index contributed by atoms with van der Waals surface area (Å²) in [6, 6.07) is 3.18. The van der Waals surface area contributed by atoms with E-state index in [1.807, 2.05) is 6.92 Å². The second-order valence-electron chi connectivity index (χ2n) is 8.58. The molecule has 3 N–H and O–H groups in total. The van der Waals surface area contributed by atoms with Crippen LogP contribution in [0, 0.1) is 0 Å². The number of H-pyrrole nitrogens is 1. The number of rotatable bonds is 7. The van der Waals surface area contributed by atoms with Gasteiger partial charge in [0.15, 0.2) is 11.6 Å². The molecule has 2 atom stereocenters. The van der Waals surface area contributed by atoms with Gasteiger partial charge in [0, 0.05) is 30.4 Å². The summed E-state index contributed by atoms with van der Waals surface area (Å²) >= 11 is 0. The van der Waals surface area contributed by atoms with E-state index in [1.165, 1.54) is 23.0 Å². The number of fused-ring (bicyclic) bond motifs is 1. The number of alkyl halides is 3. The quantitative estimate of drug-likeness (QED) is 0.469. The molecule has 14 heteroatoms. The normalized spacial score (nSPS) is 21.5. The Balaban J connectivity index is 1.21. The number of aromatic nitrogens is 5. The van der Waals surface area contributed by atoms with Crippen molar-refractivity contribution in [2.24, 2.45) is 0 Å². The van der Waals surface area contributed by atoms with Crippen LogP contribution in [0.2, 0.25) is 0 Å². The Labute approximate surface area is 191 Å². The van der Waals surface area contributed by atoms with E-state index in [1.54, 1.807) is 6.07 Å². The Morgan fingerprint density at radius 2 is 2.21 bits per heavy atom. The number of carbonyl (C=O) groups excluding carboxylic acids is 1. The summed E-state index contributed by atoms with van der Waals surface area (Å²) in [6.45, 7) is 1.53. The Morgan fingerprint density at radius 1 is 1.38 bits per heavy atom. The molecule has 4 heterocycles. The molecule has 5 rings (SSSR count). The second-order valence-corrected chi connectivity index (χ2v) is 8.58. The molecule has 1 amide bonds. The zero-order valence-electron chi connectivity index (χ0n) is 18.1. The SMILES string of the molecule is CC1(NC(=O)O[C@H]2CO[C@@H](c3cc(Nc4nccn5nc(COC(F)(F)F)cc45)n[nH]3)C2)CC1. The lowest BCUT2D eigenvalue weighted by Gasteiger charge is -2.15. The zero-order chi connectivity index (χ0) is 23.9. The minimum absolute atomic E-state index is 0.0983. The maximum Gasteiger partial charge on any atom is 0.522 e. The molecule has 2 fully saturated rings.